The summed E-state index contributed by atoms with van der Waals surface area (Å²) >= 11 is 5.34. The van der Waals surface area contributed by atoms with Crippen LogP contribution in [-0.4, -0.2) is 16.3 Å². The zero-order chi connectivity index (χ0) is 15.4. The van der Waals surface area contributed by atoms with Crippen molar-refractivity contribution in [2.75, 3.05) is 6.54 Å². The summed E-state index contributed by atoms with van der Waals surface area (Å²) in [5.41, 5.74) is 2.37. The summed E-state index contributed by atoms with van der Waals surface area (Å²) in [5, 5.41) is 9.10. The Morgan fingerprint density at radius 1 is 1.33 bits per heavy atom. The van der Waals surface area contributed by atoms with Crippen LogP contribution in [0, 0.1) is 12.8 Å². The molecule has 0 saturated carbocycles. The first-order chi connectivity index (χ1) is 9.95. The molecule has 0 radical (unpaired) electrons. The molecule has 114 valence electrons. The predicted octanol–water partition coefficient (Wildman–Crippen LogP) is 4.39. The Balaban J connectivity index is 2.16. The molecule has 0 aliphatic carbocycles. The standard InChI is InChI=1S/C16H22BrN3S/c1-11(2)9-18-10-13-8-14(17)5-6-15(13)21-16-7-12(3)19-20(16)4/h5-8,11,18H,9-10H2,1-4H3. The lowest BCUT2D eigenvalue weighted by Crippen LogP contribution is -2.19. The first kappa shape index (κ1) is 16.6. The molecule has 0 atom stereocenters. The number of hydrogen-bond acceptors (Lipinski definition) is 3. The van der Waals surface area contributed by atoms with E-state index >= 15 is 0 Å². The van der Waals surface area contributed by atoms with E-state index < -0.39 is 0 Å². The molecule has 21 heavy (non-hydrogen) atoms. The van der Waals surface area contributed by atoms with Crippen LogP contribution in [0.15, 0.2) is 38.7 Å². The average molecular weight is 368 g/mol. The molecule has 0 aliphatic rings. The molecular weight excluding hydrogens is 346 g/mol. The van der Waals surface area contributed by atoms with Gasteiger partial charge in [0.15, 0.2) is 0 Å². The lowest BCUT2D eigenvalue weighted by Gasteiger charge is -2.12. The summed E-state index contributed by atoms with van der Waals surface area (Å²) in [6.07, 6.45) is 0. The van der Waals surface area contributed by atoms with E-state index in [9.17, 15) is 0 Å². The fraction of sp³-hybridized carbons (Fsp3) is 0.438. The molecule has 0 bridgehead atoms. The van der Waals surface area contributed by atoms with Gasteiger partial charge in [-0.25, -0.2) is 0 Å². The maximum absolute atomic E-state index is 4.41. The molecular formula is C16H22BrN3S. The highest BCUT2D eigenvalue weighted by molar-refractivity contribution is 9.10. The zero-order valence-electron chi connectivity index (χ0n) is 13.0. The molecule has 0 fully saturated rings. The van der Waals surface area contributed by atoms with Gasteiger partial charge in [0, 0.05) is 23.0 Å². The Morgan fingerprint density at radius 3 is 2.71 bits per heavy atom. The quantitative estimate of drug-likeness (QED) is 0.820. The van der Waals surface area contributed by atoms with Crippen molar-refractivity contribution in [1.82, 2.24) is 15.1 Å². The van der Waals surface area contributed by atoms with Gasteiger partial charge in [0.25, 0.3) is 0 Å². The second-order valence-electron chi connectivity index (χ2n) is 5.63. The van der Waals surface area contributed by atoms with Gasteiger partial charge in [-0.05, 0) is 49.2 Å². The largest absolute Gasteiger partial charge is 0.312 e. The minimum absolute atomic E-state index is 0.660. The Bertz CT molecular complexity index is 608. The monoisotopic (exact) mass is 367 g/mol. The maximum Gasteiger partial charge on any atom is 0.0987 e. The van der Waals surface area contributed by atoms with Crippen molar-refractivity contribution in [3.63, 3.8) is 0 Å². The predicted molar refractivity (Wildman–Crippen MR) is 92.8 cm³/mol. The van der Waals surface area contributed by atoms with Crippen molar-refractivity contribution in [2.45, 2.75) is 37.2 Å². The highest BCUT2D eigenvalue weighted by Crippen LogP contribution is 2.32. The third-order valence-electron chi connectivity index (χ3n) is 3.06. The van der Waals surface area contributed by atoms with E-state index in [-0.39, 0.29) is 0 Å². The van der Waals surface area contributed by atoms with E-state index in [4.69, 9.17) is 0 Å². The Kier molecular flexibility index (Phi) is 5.90. The number of nitrogens with one attached hydrogen (secondary N) is 1. The first-order valence-corrected chi connectivity index (χ1v) is 8.74. The lowest BCUT2D eigenvalue weighted by molar-refractivity contribution is 0.550. The van der Waals surface area contributed by atoms with Crippen LogP contribution in [0.2, 0.25) is 0 Å². The number of hydrogen-bond donors (Lipinski definition) is 1. The number of nitrogens with zero attached hydrogens (tertiary/aromatic N) is 2. The first-order valence-electron chi connectivity index (χ1n) is 7.13. The number of halogens is 1. The molecule has 1 heterocycles. The second-order valence-corrected chi connectivity index (χ2v) is 7.60. The van der Waals surface area contributed by atoms with E-state index in [1.54, 1.807) is 11.8 Å². The molecule has 2 rings (SSSR count). The molecule has 1 N–H and O–H groups in total. The summed E-state index contributed by atoms with van der Waals surface area (Å²) < 4.78 is 3.06. The topological polar surface area (TPSA) is 29.9 Å². The van der Waals surface area contributed by atoms with Gasteiger partial charge >= 0.3 is 0 Å². The van der Waals surface area contributed by atoms with Crippen LogP contribution < -0.4 is 5.32 Å². The summed E-state index contributed by atoms with van der Waals surface area (Å²) in [7, 11) is 1.99. The fourth-order valence-electron chi connectivity index (χ4n) is 2.08. The summed E-state index contributed by atoms with van der Waals surface area (Å²) in [6.45, 7) is 8.39. The van der Waals surface area contributed by atoms with Gasteiger partial charge in [-0.15, -0.1) is 0 Å². The second kappa shape index (κ2) is 7.47. The number of benzene rings is 1. The van der Waals surface area contributed by atoms with Crippen LogP contribution in [0.25, 0.3) is 0 Å². The maximum atomic E-state index is 4.41. The summed E-state index contributed by atoms with van der Waals surface area (Å²) in [5.74, 6) is 0.660. The summed E-state index contributed by atoms with van der Waals surface area (Å²) in [4.78, 5) is 1.28. The van der Waals surface area contributed by atoms with Gasteiger partial charge in [0.05, 0.1) is 10.7 Å². The Labute approximate surface area is 139 Å². The molecule has 1 aromatic heterocycles. The molecule has 0 amide bonds. The highest BCUT2D eigenvalue weighted by atomic mass is 79.9. The average Bonchev–Trinajstić information content (AvgIpc) is 2.70. The van der Waals surface area contributed by atoms with Crippen molar-refractivity contribution in [3.05, 3.63) is 40.0 Å². The smallest absolute Gasteiger partial charge is 0.0987 e. The van der Waals surface area contributed by atoms with Crippen LogP contribution in [0.4, 0.5) is 0 Å². The minimum Gasteiger partial charge on any atom is -0.312 e. The molecule has 0 aliphatic heterocycles. The van der Waals surface area contributed by atoms with Crippen LogP contribution in [0.3, 0.4) is 0 Å². The Hall–Kier alpha value is -0.780. The lowest BCUT2D eigenvalue weighted by atomic mass is 10.2. The zero-order valence-corrected chi connectivity index (χ0v) is 15.4. The van der Waals surface area contributed by atoms with E-state index in [0.29, 0.717) is 5.92 Å². The highest BCUT2D eigenvalue weighted by Gasteiger charge is 2.09. The number of aromatic nitrogens is 2. The van der Waals surface area contributed by atoms with Crippen LogP contribution in [-0.2, 0) is 13.6 Å². The molecule has 0 unspecified atom stereocenters. The van der Waals surface area contributed by atoms with Gasteiger partial charge < -0.3 is 5.32 Å². The van der Waals surface area contributed by atoms with Gasteiger partial charge in [0.1, 0.15) is 0 Å². The van der Waals surface area contributed by atoms with E-state index in [0.717, 1.165) is 23.3 Å². The minimum atomic E-state index is 0.660. The molecule has 5 heteroatoms. The van der Waals surface area contributed by atoms with Gasteiger partial charge in [0.2, 0.25) is 0 Å². The summed E-state index contributed by atoms with van der Waals surface area (Å²) in [6, 6.07) is 8.58. The Morgan fingerprint density at radius 2 is 2.10 bits per heavy atom. The van der Waals surface area contributed by atoms with Crippen molar-refractivity contribution < 1.29 is 0 Å². The third-order valence-corrected chi connectivity index (χ3v) is 4.77. The fourth-order valence-corrected chi connectivity index (χ4v) is 3.51. The van der Waals surface area contributed by atoms with Crippen molar-refractivity contribution in [3.8, 4) is 0 Å². The van der Waals surface area contributed by atoms with Crippen LogP contribution >= 0.6 is 27.7 Å². The molecule has 3 nitrogen and oxygen atoms in total. The van der Waals surface area contributed by atoms with Gasteiger partial charge in [-0.2, -0.15) is 5.10 Å². The van der Waals surface area contributed by atoms with E-state index in [1.807, 2.05) is 18.7 Å². The van der Waals surface area contributed by atoms with Gasteiger partial charge in [-0.3, -0.25) is 4.68 Å². The van der Waals surface area contributed by atoms with Crippen molar-refractivity contribution in [1.29, 1.82) is 0 Å². The molecule has 0 spiro atoms. The van der Waals surface area contributed by atoms with Gasteiger partial charge in [-0.1, -0.05) is 41.5 Å². The molecule has 2 aromatic rings. The number of rotatable bonds is 6. The van der Waals surface area contributed by atoms with Crippen molar-refractivity contribution in [2.24, 2.45) is 13.0 Å². The molecule has 1 aromatic carbocycles. The van der Waals surface area contributed by atoms with E-state index in [2.05, 4.69) is 64.5 Å². The third kappa shape index (κ3) is 4.87. The SMILES string of the molecule is Cc1cc(Sc2ccc(Br)cc2CNCC(C)C)n(C)n1. The number of aryl methyl sites for hydroxylation is 2. The molecule has 0 saturated heterocycles. The van der Waals surface area contributed by atoms with E-state index in [1.165, 1.54) is 15.5 Å². The van der Waals surface area contributed by atoms with Crippen molar-refractivity contribution >= 4 is 27.7 Å². The van der Waals surface area contributed by atoms with Crippen LogP contribution in [0.1, 0.15) is 25.1 Å². The van der Waals surface area contributed by atoms with Crippen LogP contribution in [0.5, 0.6) is 0 Å². The normalized spacial score (nSPS) is 11.3.